The van der Waals surface area contributed by atoms with E-state index in [1.54, 1.807) is 35.4 Å². The average molecular weight is 641 g/mol. The first-order valence-corrected chi connectivity index (χ1v) is 15.7. The Morgan fingerprint density at radius 1 is 1.04 bits per heavy atom. The van der Waals surface area contributed by atoms with E-state index in [4.69, 9.17) is 9.47 Å². The lowest BCUT2D eigenvalue weighted by Crippen LogP contribution is -2.49. The van der Waals surface area contributed by atoms with Crippen LogP contribution in [-0.4, -0.2) is 70.5 Å². The van der Waals surface area contributed by atoms with E-state index < -0.39 is 11.9 Å². The maximum atomic E-state index is 13.7. The van der Waals surface area contributed by atoms with Gasteiger partial charge in [-0.05, 0) is 54.7 Å². The number of fused-ring (bicyclic) bond motifs is 6. The van der Waals surface area contributed by atoms with Gasteiger partial charge in [-0.15, -0.1) is 0 Å². The SMILES string of the molecule is COc1cc2cc(c1OC)-c1cncc(c1)C(=O)N[C@H](CC(C)C)C(=O)NCCN(C(=O)CCCn1cnc3ccccc3c1=O)C2. The Morgan fingerprint density at radius 2 is 1.83 bits per heavy atom. The van der Waals surface area contributed by atoms with Gasteiger partial charge in [-0.25, -0.2) is 4.98 Å². The van der Waals surface area contributed by atoms with Crippen LogP contribution in [0.25, 0.3) is 22.0 Å². The summed E-state index contributed by atoms with van der Waals surface area (Å²) in [5.74, 6) is 0.165. The molecule has 0 unspecified atom stereocenters. The molecule has 47 heavy (non-hydrogen) atoms. The number of pyridine rings is 1. The number of nitrogens with one attached hydrogen (secondary N) is 2. The molecule has 1 aliphatic heterocycles. The van der Waals surface area contributed by atoms with Crippen LogP contribution >= 0.6 is 0 Å². The van der Waals surface area contributed by atoms with Crippen molar-refractivity contribution in [1.82, 2.24) is 30.1 Å². The van der Waals surface area contributed by atoms with E-state index in [2.05, 4.69) is 20.6 Å². The van der Waals surface area contributed by atoms with Crippen molar-refractivity contribution in [2.24, 2.45) is 5.92 Å². The van der Waals surface area contributed by atoms with Crippen molar-refractivity contribution < 1.29 is 23.9 Å². The number of rotatable bonds is 8. The van der Waals surface area contributed by atoms with Crippen LogP contribution in [0.2, 0.25) is 0 Å². The highest BCUT2D eigenvalue weighted by Gasteiger charge is 2.25. The highest BCUT2D eigenvalue weighted by atomic mass is 16.5. The van der Waals surface area contributed by atoms with Crippen LogP contribution in [0.4, 0.5) is 0 Å². The van der Waals surface area contributed by atoms with Crippen molar-refractivity contribution in [3.8, 4) is 22.6 Å². The van der Waals surface area contributed by atoms with Crippen molar-refractivity contribution in [1.29, 1.82) is 0 Å². The summed E-state index contributed by atoms with van der Waals surface area (Å²) in [4.78, 5) is 63.6. The lowest BCUT2D eigenvalue weighted by atomic mass is 10.00. The topological polar surface area (TPSA) is 145 Å². The number of hydrogen-bond acceptors (Lipinski definition) is 8. The van der Waals surface area contributed by atoms with Crippen LogP contribution in [0.1, 0.15) is 49.0 Å². The van der Waals surface area contributed by atoms with Gasteiger partial charge in [0.1, 0.15) is 6.04 Å². The second-order valence-electron chi connectivity index (χ2n) is 12.0. The number of aromatic nitrogens is 3. The summed E-state index contributed by atoms with van der Waals surface area (Å²) in [5.41, 5.74) is 2.78. The molecular formula is C35H40N6O6. The number of carbonyl (C=O) groups is 3. The van der Waals surface area contributed by atoms with Gasteiger partial charge < -0.3 is 25.0 Å². The molecule has 0 saturated heterocycles. The van der Waals surface area contributed by atoms with Crippen molar-refractivity contribution in [3.63, 3.8) is 0 Å². The smallest absolute Gasteiger partial charge is 0.261 e. The second kappa shape index (κ2) is 14.9. The van der Waals surface area contributed by atoms with E-state index in [-0.39, 0.29) is 49.3 Å². The molecule has 3 amide bonds. The van der Waals surface area contributed by atoms with Crippen LogP contribution in [0.3, 0.4) is 0 Å². The number of methoxy groups -OCH3 is 2. The lowest BCUT2D eigenvalue weighted by Gasteiger charge is -2.25. The van der Waals surface area contributed by atoms with Crippen LogP contribution in [-0.2, 0) is 22.7 Å². The highest BCUT2D eigenvalue weighted by Crippen LogP contribution is 2.39. The molecule has 4 bridgehead atoms. The van der Waals surface area contributed by atoms with E-state index in [1.807, 2.05) is 32.0 Å². The fraction of sp³-hybridized carbons (Fsp3) is 0.371. The number of amides is 3. The number of nitrogens with zero attached hydrogens (tertiary/aromatic N) is 4. The molecular weight excluding hydrogens is 600 g/mol. The van der Waals surface area contributed by atoms with Gasteiger partial charge in [0.25, 0.3) is 11.5 Å². The average Bonchev–Trinajstić information content (AvgIpc) is 3.07. The van der Waals surface area contributed by atoms with E-state index in [1.165, 1.54) is 31.3 Å². The molecule has 1 atom stereocenters. The summed E-state index contributed by atoms with van der Waals surface area (Å²) in [5, 5.41) is 6.31. The molecule has 4 aromatic rings. The second-order valence-corrected chi connectivity index (χ2v) is 12.0. The summed E-state index contributed by atoms with van der Waals surface area (Å²) in [7, 11) is 3.07. The van der Waals surface area contributed by atoms with Crippen molar-refractivity contribution >= 4 is 28.6 Å². The predicted molar refractivity (Wildman–Crippen MR) is 177 cm³/mol. The molecule has 1 aliphatic rings. The third kappa shape index (κ3) is 7.76. The largest absolute Gasteiger partial charge is 0.493 e. The Labute approximate surface area is 273 Å². The number of benzene rings is 2. The van der Waals surface area contributed by atoms with Gasteiger partial charge in [-0.1, -0.05) is 26.0 Å². The molecule has 5 rings (SSSR count). The number of carbonyl (C=O) groups excluding carboxylic acids is 3. The molecule has 12 heteroatoms. The van der Waals surface area contributed by atoms with Crippen LogP contribution in [0, 0.1) is 5.92 Å². The summed E-state index contributed by atoms with van der Waals surface area (Å²) in [6.45, 7) is 4.91. The van der Waals surface area contributed by atoms with E-state index >= 15 is 0 Å². The molecule has 2 aromatic carbocycles. The molecule has 0 spiro atoms. The standard InChI is InChI=1S/C35H40N6O6/c1-22(2)14-29-34(44)37-11-13-40(31(42)10-7-12-41-21-38-28-9-6-5-8-26(28)35(41)45)20-23-15-27(32(47-4)30(16-23)46-3)24-17-25(19-36-18-24)33(43)39-29/h5-6,8-9,15-19,21-22,29H,7,10-14,20H2,1-4H3,(H,37,44)(H,39,43)/t29-/m1/s1. The molecule has 2 N–H and O–H groups in total. The van der Waals surface area contributed by atoms with Gasteiger partial charge in [0.05, 0.1) is 37.0 Å². The molecule has 12 nitrogen and oxygen atoms in total. The lowest BCUT2D eigenvalue weighted by molar-refractivity contribution is -0.132. The van der Waals surface area contributed by atoms with Crippen LogP contribution < -0.4 is 25.7 Å². The molecule has 0 aliphatic carbocycles. The Kier molecular flexibility index (Phi) is 10.5. The van der Waals surface area contributed by atoms with Crippen LogP contribution in [0.5, 0.6) is 11.5 Å². The van der Waals surface area contributed by atoms with E-state index in [0.29, 0.717) is 58.5 Å². The number of aryl methyl sites for hydroxylation is 1. The van der Waals surface area contributed by atoms with Crippen molar-refractivity contribution in [2.75, 3.05) is 27.3 Å². The molecule has 246 valence electrons. The van der Waals surface area contributed by atoms with Crippen LogP contribution in [0.15, 0.2) is 66.0 Å². The van der Waals surface area contributed by atoms with Gasteiger partial charge in [-0.3, -0.25) is 28.7 Å². The van der Waals surface area contributed by atoms with Gasteiger partial charge in [0.15, 0.2) is 11.5 Å². The fourth-order valence-corrected chi connectivity index (χ4v) is 5.76. The minimum Gasteiger partial charge on any atom is -0.493 e. The van der Waals surface area contributed by atoms with Gasteiger partial charge in [0, 0.05) is 56.1 Å². The van der Waals surface area contributed by atoms with Gasteiger partial charge >= 0.3 is 0 Å². The minimum atomic E-state index is -0.773. The monoisotopic (exact) mass is 640 g/mol. The number of hydrogen-bond donors (Lipinski definition) is 2. The van der Waals surface area contributed by atoms with E-state index in [9.17, 15) is 19.2 Å². The molecule has 0 fully saturated rings. The Morgan fingerprint density at radius 3 is 2.60 bits per heavy atom. The molecule has 3 heterocycles. The minimum absolute atomic E-state index is 0.138. The normalized spacial score (nSPS) is 15.4. The zero-order chi connectivity index (χ0) is 33.5. The van der Waals surface area contributed by atoms with Crippen molar-refractivity contribution in [3.05, 3.63) is 82.7 Å². The quantitative estimate of drug-likeness (QED) is 0.298. The van der Waals surface area contributed by atoms with E-state index in [0.717, 1.165) is 5.56 Å². The zero-order valence-corrected chi connectivity index (χ0v) is 27.1. The Hall–Kier alpha value is -5.26. The molecule has 0 saturated carbocycles. The fourth-order valence-electron chi connectivity index (χ4n) is 5.76. The summed E-state index contributed by atoms with van der Waals surface area (Å²) in [6, 6.07) is 11.8. The summed E-state index contributed by atoms with van der Waals surface area (Å²) < 4.78 is 12.9. The Bertz CT molecular complexity index is 1840. The summed E-state index contributed by atoms with van der Waals surface area (Å²) >= 11 is 0. The maximum Gasteiger partial charge on any atom is 0.261 e. The predicted octanol–water partition coefficient (Wildman–Crippen LogP) is 3.56. The zero-order valence-electron chi connectivity index (χ0n) is 27.1. The number of ether oxygens (including phenoxy) is 2. The first kappa shape index (κ1) is 33.1. The molecule has 2 aromatic heterocycles. The Balaban J connectivity index is 1.45. The van der Waals surface area contributed by atoms with Gasteiger partial charge in [0.2, 0.25) is 11.8 Å². The van der Waals surface area contributed by atoms with Gasteiger partial charge in [-0.2, -0.15) is 0 Å². The highest BCUT2D eigenvalue weighted by molar-refractivity contribution is 5.98. The molecule has 0 radical (unpaired) electrons. The summed E-state index contributed by atoms with van der Waals surface area (Å²) in [6.07, 6.45) is 5.61. The first-order chi connectivity index (χ1) is 22.7. The third-order valence-electron chi connectivity index (χ3n) is 8.11. The third-order valence-corrected chi connectivity index (χ3v) is 8.11. The number of para-hydroxylation sites is 1. The maximum absolute atomic E-state index is 13.7. The van der Waals surface area contributed by atoms with Crippen molar-refractivity contribution in [2.45, 2.75) is 52.2 Å². The first-order valence-electron chi connectivity index (χ1n) is 15.7.